The van der Waals surface area contributed by atoms with E-state index in [4.69, 9.17) is 0 Å². The number of carbonyl (C=O) groups is 1. The summed E-state index contributed by atoms with van der Waals surface area (Å²) in [6, 6.07) is 11.5. The standard InChI is InChI=1S/C24H37N3O/c1-26-16-11-22(12-17-26)27-15-7-8-20(18-27)23(28)25-19-24(13-5-6-14-24)21-9-3-2-4-10-21/h2-4,9-10,20,22H,5-8,11-19H2,1H3,(H,25,28)/t20-/m0/s1. The molecule has 2 heterocycles. The van der Waals surface area contributed by atoms with Gasteiger partial charge < -0.3 is 10.2 Å². The van der Waals surface area contributed by atoms with E-state index in [1.54, 1.807) is 0 Å². The number of nitrogens with one attached hydrogen (secondary N) is 1. The van der Waals surface area contributed by atoms with Crippen molar-refractivity contribution in [1.82, 2.24) is 15.1 Å². The molecule has 0 bridgehead atoms. The molecule has 154 valence electrons. The van der Waals surface area contributed by atoms with Crippen molar-refractivity contribution in [3.8, 4) is 0 Å². The zero-order chi connectivity index (χ0) is 19.4. The van der Waals surface area contributed by atoms with Crippen molar-refractivity contribution >= 4 is 5.91 Å². The van der Waals surface area contributed by atoms with Crippen LogP contribution in [0.5, 0.6) is 0 Å². The van der Waals surface area contributed by atoms with Crippen LogP contribution in [0.2, 0.25) is 0 Å². The van der Waals surface area contributed by atoms with E-state index in [2.05, 4.69) is 52.5 Å². The first-order valence-electron chi connectivity index (χ1n) is 11.4. The average molecular weight is 384 g/mol. The van der Waals surface area contributed by atoms with Crippen molar-refractivity contribution in [2.45, 2.75) is 62.8 Å². The topological polar surface area (TPSA) is 35.6 Å². The molecule has 4 rings (SSSR count). The van der Waals surface area contributed by atoms with E-state index in [9.17, 15) is 4.79 Å². The third-order valence-corrected chi connectivity index (χ3v) is 7.58. The Morgan fingerprint density at radius 2 is 1.75 bits per heavy atom. The van der Waals surface area contributed by atoms with E-state index in [-0.39, 0.29) is 11.3 Å². The maximum Gasteiger partial charge on any atom is 0.224 e. The molecule has 0 radical (unpaired) electrons. The predicted molar refractivity (Wildman–Crippen MR) is 114 cm³/mol. The van der Waals surface area contributed by atoms with Gasteiger partial charge in [-0.2, -0.15) is 0 Å². The van der Waals surface area contributed by atoms with Gasteiger partial charge in [0.25, 0.3) is 0 Å². The van der Waals surface area contributed by atoms with E-state index in [0.717, 1.165) is 25.9 Å². The lowest BCUT2D eigenvalue weighted by molar-refractivity contribution is -0.127. The van der Waals surface area contributed by atoms with Crippen LogP contribution in [0.1, 0.15) is 56.9 Å². The van der Waals surface area contributed by atoms with Crippen LogP contribution < -0.4 is 5.32 Å². The lowest BCUT2D eigenvalue weighted by Gasteiger charge is -2.41. The summed E-state index contributed by atoms with van der Waals surface area (Å²) in [4.78, 5) is 18.1. The Morgan fingerprint density at radius 3 is 2.46 bits per heavy atom. The Balaban J connectivity index is 1.34. The smallest absolute Gasteiger partial charge is 0.224 e. The van der Waals surface area contributed by atoms with E-state index in [0.29, 0.717) is 11.9 Å². The molecular formula is C24H37N3O. The molecule has 4 nitrogen and oxygen atoms in total. The largest absolute Gasteiger partial charge is 0.355 e. The second kappa shape index (κ2) is 8.96. The van der Waals surface area contributed by atoms with Gasteiger partial charge in [0.15, 0.2) is 0 Å². The molecule has 1 aliphatic carbocycles. The number of nitrogens with zero attached hydrogens (tertiary/aromatic N) is 2. The molecule has 28 heavy (non-hydrogen) atoms. The highest BCUT2D eigenvalue weighted by molar-refractivity contribution is 5.79. The van der Waals surface area contributed by atoms with E-state index in [1.807, 2.05) is 0 Å². The van der Waals surface area contributed by atoms with Gasteiger partial charge in [0, 0.05) is 24.5 Å². The van der Waals surface area contributed by atoms with Crippen LogP contribution in [0.4, 0.5) is 0 Å². The SMILES string of the molecule is CN1CCC(N2CCC[C@H](C(=O)NCC3(c4ccccc4)CCCC3)C2)CC1. The number of likely N-dealkylation sites (tertiary alicyclic amines) is 2. The molecule has 0 unspecified atom stereocenters. The first-order chi connectivity index (χ1) is 13.7. The Bertz CT molecular complexity index is 633. The molecule has 2 saturated heterocycles. The van der Waals surface area contributed by atoms with Crippen LogP contribution >= 0.6 is 0 Å². The highest BCUT2D eigenvalue weighted by Crippen LogP contribution is 2.40. The minimum Gasteiger partial charge on any atom is -0.355 e. The number of amides is 1. The number of benzene rings is 1. The molecule has 4 heteroatoms. The first kappa shape index (κ1) is 19.9. The Morgan fingerprint density at radius 1 is 1.04 bits per heavy atom. The Labute approximate surface area is 170 Å². The van der Waals surface area contributed by atoms with E-state index >= 15 is 0 Å². The summed E-state index contributed by atoms with van der Waals surface area (Å²) < 4.78 is 0. The van der Waals surface area contributed by atoms with Gasteiger partial charge in [0.1, 0.15) is 0 Å². The van der Waals surface area contributed by atoms with Gasteiger partial charge in [-0.05, 0) is 70.8 Å². The Kier molecular flexibility index (Phi) is 6.37. The van der Waals surface area contributed by atoms with Gasteiger partial charge in [0.2, 0.25) is 5.91 Å². The molecule has 1 aromatic rings. The Hall–Kier alpha value is -1.39. The van der Waals surface area contributed by atoms with Gasteiger partial charge in [-0.15, -0.1) is 0 Å². The van der Waals surface area contributed by atoms with Crippen molar-refractivity contribution in [3.63, 3.8) is 0 Å². The van der Waals surface area contributed by atoms with Crippen molar-refractivity contribution < 1.29 is 4.79 Å². The molecule has 3 aliphatic rings. The molecule has 1 aromatic carbocycles. The summed E-state index contributed by atoms with van der Waals surface area (Å²) in [6.45, 7) is 5.32. The fourth-order valence-electron chi connectivity index (χ4n) is 5.72. The van der Waals surface area contributed by atoms with Gasteiger partial charge >= 0.3 is 0 Å². The molecule has 1 amide bonds. The van der Waals surface area contributed by atoms with E-state index in [1.165, 1.54) is 63.7 Å². The summed E-state index contributed by atoms with van der Waals surface area (Å²) >= 11 is 0. The molecule has 0 spiro atoms. The van der Waals surface area contributed by atoms with Gasteiger partial charge in [-0.1, -0.05) is 43.2 Å². The van der Waals surface area contributed by atoms with Crippen LogP contribution in [0.15, 0.2) is 30.3 Å². The molecule has 0 aromatic heterocycles. The van der Waals surface area contributed by atoms with Crippen molar-refractivity contribution in [2.75, 3.05) is 39.8 Å². The average Bonchev–Trinajstić information content (AvgIpc) is 3.23. The predicted octanol–water partition coefficient (Wildman–Crippen LogP) is 3.42. The molecular weight excluding hydrogens is 346 g/mol. The van der Waals surface area contributed by atoms with Gasteiger partial charge in [-0.25, -0.2) is 0 Å². The second-order valence-corrected chi connectivity index (χ2v) is 9.44. The van der Waals surface area contributed by atoms with E-state index < -0.39 is 0 Å². The number of hydrogen-bond acceptors (Lipinski definition) is 3. The zero-order valence-corrected chi connectivity index (χ0v) is 17.5. The number of rotatable bonds is 5. The van der Waals surface area contributed by atoms with Gasteiger partial charge in [0.05, 0.1) is 5.92 Å². The van der Waals surface area contributed by atoms with Crippen molar-refractivity contribution in [3.05, 3.63) is 35.9 Å². The molecule has 2 aliphatic heterocycles. The minimum absolute atomic E-state index is 0.152. The number of hydrogen-bond donors (Lipinski definition) is 1. The number of carbonyl (C=O) groups excluding carboxylic acids is 1. The fraction of sp³-hybridized carbons (Fsp3) is 0.708. The summed E-state index contributed by atoms with van der Waals surface area (Å²) in [5.41, 5.74) is 1.56. The maximum absolute atomic E-state index is 13.1. The third kappa shape index (κ3) is 4.44. The molecule has 3 fully saturated rings. The molecule has 1 atom stereocenters. The summed E-state index contributed by atoms with van der Waals surface area (Å²) in [5, 5.41) is 3.39. The molecule has 1 saturated carbocycles. The maximum atomic E-state index is 13.1. The summed E-state index contributed by atoms with van der Waals surface area (Å²) in [6.07, 6.45) is 9.66. The monoisotopic (exact) mass is 383 g/mol. The lowest BCUT2D eigenvalue weighted by atomic mass is 9.78. The highest BCUT2D eigenvalue weighted by atomic mass is 16.1. The summed E-state index contributed by atoms with van der Waals surface area (Å²) in [7, 11) is 2.22. The van der Waals surface area contributed by atoms with Crippen LogP contribution in [0.25, 0.3) is 0 Å². The summed E-state index contributed by atoms with van der Waals surface area (Å²) in [5.74, 6) is 0.461. The van der Waals surface area contributed by atoms with Crippen LogP contribution in [0.3, 0.4) is 0 Å². The van der Waals surface area contributed by atoms with Crippen LogP contribution in [0, 0.1) is 5.92 Å². The van der Waals surface area contributed by atoms with Gasteiger partial charge in [-0.3, -0.25) is 9.69 Å². The lowest BCUT2D eigenvalue weighted by Crippen LogP contribution is -2.51. The first-order valence-corrected chi connectivity index (χ1v) is 11.4. The zero-order valence-electron chi connectivity index (χ0n) is 17.5. The molecule has 1 N–H and O–H groups in total. The normalized spacial score (nSPS) is 27.0. The number of piperidine rings is 2. The van der Waals surface area contributed by atoms with Crippen LogP contribution in [-0.2, 0) is 10.2 Å². The van der Waals surface area contributed by atoms with Crippen LogP contribution in [-0.4, -0.2) is 61.5 Å². The van der Waals surface area contributed by atoms with Crippen molar-refractivity contribution in [1.29, 1.82) is 0 Å². The second-order valence-electron chi connectivity index (χ2n) is 9.44. The minimum atomic E-state index is 0.152. The van der Waals surface area contributed by atoms with Crippen molar-refractivity contribution in [2.24, 2.45) is 5.92 Å². The fourth-order valence-corrected chi connectivity index (χ4v) is 5.72. The third-order valence-electron chi connectivity index (χ3n) is 7.58. The highest BCUT2D eigenvalue weighted by Gasteiger charge is 2.37. The quantitative estimate of drug-likeness (QED) is 0.846.